The summed E-state index contributed by atoms with van der Waals surface area (Å²) in [7, 11) is 0. The summed E-state index contributed by atoms with van der Waals surface area (Å²) < 4.78 is 2.94. The van der Waals surface area contributed by atoms with Crippen molar-refractivity contribution in [3.8, 4) is 17.3 Å². The highest BCUT2D eigenvalue weighted by molar-refractivity contribution is 5.83. The van der Waals surface area contributed by atoms with Gasteiger partial charge in [0, 0.05) is 6.54 Å². The van der Waals surface area contributed by atoms with Gasteiger partial charge < -0.3 is 0 Å². The molecule has 0 bridgehead atoms. The van der Waals surface area contributed by atoms with Crippen LogP contribution in [-0.2, 0) is 6.54 Å². The van der Waals surface area contributed by atoms with E-state index >= 15 is 0 Å². The maximum absolute atomic E-state index is 12.4. The van der Waals surface area contributed by atoms with E-state index in [0.717, 1.165) is 16.6 Å². The van der Waals surface area contributed by atoms with E-state index in [1.165, 1.54) is 17.4 Å². The maximum Gasteiger partial charge on any atom is 0.342 e. The Morgan fingerprint density at radius 1 is 1.05 bits per heavy atom. The molecule has 4 heteroatoms. The van der Waals surface area contributed by atoms with Gasteiger partial charge in [-0.1, -0.05) is 36.4 Å². The van der Waals surface area contributed by atoms with Gasteiger partial charge in [-0.25, -0.2) is 4.79 Å². The molecular weight excluding hydrogens is 274 g/mol. The minimum Gasteiger partial charge on any atom is -0.291 e. The molecule has 0 aliphatic heterocycles. The van der Waals surface area contributed by atoms with Crippen LogP contribution in [0.1, 0.15) is 12.8 Å². The highest BCUT2D eigenvalue weighted by Crippen LogP contribution is 2.32. The first-order chi connectivity index (χ1) is 10.8. The summed E-state index contributed by atoms with van der Waals surface area (Å²) in [5.41, 5.74) is 3.40. The first-order valence-electron chi connectivity index (χ1n) is 7.49. The van der Waals surface area contributed by atoms with Gasteiger partial charge in [-0.15, -0.1) is 0 Å². The molecule has 1 aromatic heterocycles. The molecule has 0 spiro atoms. The molecule has 0 N–H and O–H groups in total. The lowest BCUT2D eigenvalue weighted by Gasteiger charge is -2.04. The molecule has 2 aromatic carbocycles. The fraction of sp³-hybridized carbons (Fsp3) is 0.222. The van der Waals surface area contributed by atoms with Gasteiger partial charge in [-0.2, -0.15) is 9.83 Å². The van der Waals surface area contributed by atoms with Gasteiger partial charge in [0.05, 0.1) is 11.0 Å². The van der Waals surface area contributed by atoms with Crippen LogP contribution in [0.3, 0.4) is 0 Å². The van der Waals surface area contributed by atoms with E-state index in [4.69, 9.17) is 0 Å². The van der Waals surface area contributed by atoms with Gasteiger partial charge in [-0.05, 0) is 42.0 Å². The van der Waals surface area contributed by atoms with Gasteiger partial charge in [0.15, 0.2) is 6.19 Å². The predicted octanol–water partition coefficient (Wildman–Crippen LogP) is 3.21. The molecule has 1 saturated carbocycles. The van der Waals surface area contributed by atoms with Crippen molar-refractivity contribution in [2.75, 3.05) is 0 Å². The quantitative estimate of drug-likeness (QED) is 0.743. The van der Waals surface area contributed by atoms with E-state index in [-0.39, 0.29) is 5.69 Å². The van der Waals surface area contributed by atoms with Crippen LogP contribution in [0.4, 0.5) is 0 Å². The standard InChI is InChI=1S/C18H15N3O/c19-12-21-17-10-15(14-4-2-1-3-5-14)8-9-16(17)20(18(21)22)11-13-6-7-13/h1-5,8-10,13H,6-7,11H2. The second kappa shape index (κ2) is 4.88. The zero-order valence-corrected chi connectivity index (χ0v) is 12.1. The molecule has 0 saturated heterocycles. The van der Waals surface area contributed by atoms with E-state index in [2.05, 4.69) is 0 Å². The molecule has 3 aromatic rings. The van der Waals surface area contributed by atoms with Gasteiger partial charge in [0.2, 0.25) is 0 Å². The Morgan fingerprint density at radius 3 is 2.50 bits per heavy atom. The van der Waals surface area contributed by atoms with Crippen molar-refractivity contribution in [2.24, 2.45) is 5.92 Å². The Labute approximate surface area is 127 Å². The summed E-state index contributed by atoms with van der Waals surface area (Å²) in [4.78, 5) is 12.4. The Bertz CT molecular complexity index is 940. The third kappa shape index (κ3) is 2.03. The molecule has 1 fully saturated rings. The van der Waals surface area contributed by atoms with Crippen molar-refractivity contribution in [1.82, 2.24) is 9.13 Å². The number of fused-ring (bicyclic) bond motifs is 1. The van der Waals surface area contributed by atoms with Gasteiger partial charge in [0.25, 0.3) is 0 Å². The molecule has 4 nitrogen and oxygen atoms in total. The minimum atomic E-state index is -0.227. The normalized spacial score (nSPS) is 14.1. The predicted molar refractivity (Wildman–Crippen MR) is 85.4 cm³/mol. The van der Waals surface area contributed by atoms with Crippen LogP contribution in [0.15, 0.2) is 53.3 Å². The monoisotopic (exact) mass is 289 g/mol. The van der Waals surface area contributed by atoms with E-state index in [1.54, 1.807) is 4.57 Å². The summed E-state index contributed by atoms with van der Waals surface area (Å²) in [5.74, 6) is 0.587. The lowest BCUT2D eigenvalue weighted by Crippen LogP contribution is -2.22. The highest BCUT2D eigenvalue weighted by atomic mass is 16.1. The van der Waals surface area contributed by atoms with Crippen LogP contribution < -0.4 is 5.69 Å². The first kappa shape index (κ1) is 12.9. The van der Waals surface area contributed by atoms with Crippen molar-refractivity contribution in [3.05, 3.63) is 59.0 Å². The van der Waals surface area contributed by atoms with Crippen LogP contribution >= 0.6 is 0 Å². The second-order valence-electron chi connectivity index (χ2n) is 5.84. The third-order valence-corrected chi connectivity index (χ3v) is 4.27. The fourth-order valence-electron chi connectivity index (χ4n) is 2.90. The molecule has 1 aliphatic carbocycles. The van der Waals surface area contributed by atoms with E-state index in [1.807, 2.05) is 54.7 Å². The third-order valence-electron chi connectivity index (χ3n) is 4.27. The summed E-state index contributed by atoms with van der Waals surface area (Å²) in [6.07, 6.45) is 4.36. The van der Waals surface area contributed by atoms with Crippen molar-refractivity contribution in [1.29, 1.82) is 5.26 Å². The number of nitrogens with zero attached hydrogens (tertiary/aromatic N) is 3. The molecule has 0 amide bonds. The first-order valence-corrected chi connectivity index (χ1v) is 7.49. The summed E-state index contributed by atoms with van der Waals surface area (Å²) in [6, 6.07) is 15.9. The van der Waals surface area contributed by atoms with Crippen molar-refractivity contribution in [3.63, 3.8) is 0 Å². The Kier molecular flexibility index (Phi) is 2.87. The molecule has 4 rings (SSSR count). The minimum absolute atomic E-state index is 0.227. The van der Waals surface area contributed by atoms with E-state index < -0.39 is 0 Å². The lowest BCUT2D eigenvalue weighted by molar-refractivity contribution is 0.617. The number of hydrogen-bond acceptors (Lipinski definition) is 2. The zero-order chi connectivity index (χ0) is 15.1. The Hall–Kier alpha value is -2.80. The highest BCUT2D eigenvalue weighted by Gasteiger charge is 2.24. The topological polar surface area (TPSA) is 50.7 Å². The number of aromatic nitrogens is 2. The second-order valence-corrected chi connectivity index (χ2v) is 5.84. The number of rotatable bonds is 3. The number of hydrogen-bond donors (Lipinski definition) is 0. The molecular formula is C18H15N3O. The van der Waals surface area contributed by atoms with Crippen molar-refractivity contribution in [2.45, 2.75) is 19.4 Å². The number of imidazole rings is 1. The van der Waals surface area contributed by atoms with Gasteiger partial charge in [0.1, 0.15) is 0 Å². The van der Waals surface area contributed by atoms with Crippen LogP contribution in [-0.4, -0.2) is 9.13 Å². The average Bonchev–Trinajstić information content (AvgIpc) is 3.34. The lowest BCUT2D eigenvalue weighted by atomic mass is 10.1. The van der Waals surface area contributed by atoms with E-state index in [9.17, 15) is 10.1 Å². The SMILES string of the molecule is N#Cn1c(=O)n(CC2CC2)c2ccc(-c3ccccc3)cc21. The summed E-state index contributed by atoms with van der Waals surface area (Å²) in [6.45, 7) is 0.717. The maximum atomic E-state index is 12.4. The van der Waals surface area contributed by atoms with Crippen LogP contribution in [0.2, 0.25) is 0 Å². The van der Waals surface area contributed by atoms with Crippen molar-refractivity contribution >= 4 is 11.0 Å². The molecule has 0 atom stereocenters. The smallest absolute Gasteiger partial charge is 0.291 e. The average molecular weight is 289 g/mol. The summed E-state index contributed by atoms with van der Waals surface area (Å²) in [5, 5.41) is 9.34. The Balaban J connectivity index is 1.93. The largest absolute Gasteiger partial charge is 0.342 e. The van der Waals surface area contributed by atoms with Crippen LogP contribution in [0.25, 0.3) is 22.2 Å². The molecule has 108 valence electrons. The van der Waals surface area contributed by atoms with Crippen LogP contribution in [0.5, 0.6) is 0 Å². The van der Waals surface area contributed by atoms with E-state index in [0.29, 0.717) is 18.0 Å². The van der Waals surface area contributed by atoms with Gasteiger partial charge in [-0.3, -0.25) is 4.57 Å². The molecule has 1 aliphatic rings. The molecule has 0 radical (unpaired) electrons. The van der Waals surface area contributed by atoms with Crippen molar-refractivity contribution < 1.29 is 0 Å². The molecule has 22 heavy (non-hydrogen) atoms. The van der Waals surface area contributed by atoms with Crippen LogP contribution in [0, 0.1) is 17.4 Å². The fourth-order valence-corrected chi connectivity index (χ4v) is 2.90. The number of benzene rings is 2. The molecule has 0 unspecified atom stereocenters. The molecule has 1 heterocycles. The Morgan fingerprint density at radius 2 is 1.82 bits per heavy atom. The summed E-state index contributed by atoms with van der Waals surface area (Å²) >= 11 is 0. The zero-order valence-electron chi connectivity index (χ0n) is 12.1. The van der Waals surface area contributed by atoms with Gasteiger partial charge >= 0.3 is 5.69 Å². The number of nitriles is 1.